The minimum Gasteiger partial charge on any atom is -0.381 e. The molecule has 2 aromatic carbocycles. The summed E-state index contributed by atoms with van der Waals surface area (Å²) in [4.78, 5) is 2.41. The van der Waals surface area contributed by atoms with Crippen LogP contribution >= 0.6 is 0 Å². The van der Waals surface area contributed by atoms with E-state index in [1.54, 1.807) is 11.5 Å². The summed E-state index contributed by atoms with van der Waals surface area (Å²) in [5.41, 5.74) is 4.95. The van der Waals surface area contributed by atoms with Gasteiger partial charge in [0.05, 0.1) is 13.2 Å². The van der Waals surface area contributed by atoms with Gasteiger partial charge in [0, 0.05) is 30.6 Å². The van der Waals surface area contributed by atoms with Crippen LogP contribution in [0.15, 0.2) is 42.5 Å². The molecule has 27 heavy (non-hydrogen) atoms. The number of rotatable bonds is 6. The standard InChI is InChI=1S/C21H25FN2O3/c22-20-8-16(21(25)23-26)7-17-11-24(10-15-12-27-13-15)18(9-19(17)20)6-14-4-2-1-3-5-14/h1-5,7-8,15,18,21,23,25-26H,6,9-13H2/t18-,21?/m1/s1. The van der Waals surface area contributed by atoms with E-state index in [1.165, 1.54) is 11.6 Å². The first-order valence-corrected chi connectivity index (χ1v) is 9.38. The predicted molar refractivity (Wildman–Crippen MR) is 98.6 cm³/mol. The highest BCUT2D eigenvalue weighted by Gasteiger charge is 2.32. The Hall–Kier alpha value is -1.83. The molecule has 4 rings (SSSR count). The lowest BCUT2D eigenvalue weighted by molar-refractivity contribution is -0.0542. The molecular formula is C21H25FN2O3. The molecule has 1 saturated heterocycles. The molecule has 2 aromatic rings. The van der Waals surface area contributed by atoms with E-state index in [9.17, 15) is 9.50 Å². The fraction of sp³-hybridized carbons (Fsp3) is 0.429. The number of halogens is 1. The molecule has 2 aliphatic heterocycles. The third kappa shape index (κ3) is 4.05. The van der Waals surface area contributed by atoms with Crippen molar-refractivity contribution < 1.29 is 19.4 Å². The van der Waals surface area contributed by atoms with Crippen molar-refractivity contribution in [3.8, 4) is 0 Å². The van der Waals surface area contributed by atoms with Crippen molar-refractivity contribution in [1.29, 1.82) is 0 Å². The fourth-order valence-electron chi connectivity index (χ4n) is 4.05. The Kier molecular flexibility index (Phi) is 5.52. The molecule has 144 valence electrons. The van der Waals surface area contributed by atoms with Crippen LogP contribution in [0.25, 0.3) is 0 Å². The smallest absolute Gasteiger partial charge is 0.152 e. The zero-order chi connectivity index (χ0) is 18.8. The van der Waals surface area contributed by atoms with Crippen LogP contribution in [-0.4, -0.2) is 41.0 Å². The average molecular weight is 372 g/mol. The van der Waals surface area contributed by atoms with Crippen molar-refractivity contribution >= 4 is 0 Å². The Balaban J connectivity index is 1.61. The molecule has 0 bridgehead atoms. The van der Waals surface area contributed by atoms with Crippen molar-refractivity contribution in [1.82, 2.24) is 10.4 Å². The van der Waals surface area contributed by atoms with Gasteiger partial charge >= 0.3 is 0 Å². The van der Waals surface area contributed by atoms with Gasteiger partial charge in [-0.15, -0.1) is 0 Å². The highest BCUT2D eigenvalue weighted by Crippen LogP contribution is 2.31. The number of hydrogen-bond donors (Lipinski definition) is 3. The first-order chi connectivity index (χ1) is 13.1. The van der Waals surface area contributed by atoms with Crippen molar-refractivity contribution in [2.24, 2.45) is 5.92 Å². The van der Waals surface area contributed by atoms with Crippen LogP contribution in [-0.2, 0) is 24.1 Å². The van der Waals surface area contributed by atoms with Crippen LogP contribution in [0.5, 0.6) is 0 Å². The monoisotopic (exact) mass is 372 g/mol. The molecule has 6 heteroatoms. The van der Waals surface area contributed by atoms with E-state index in [1.807, 2.05) is 18.2 Å². The predicted octanol–water partition coefficient (Wildman–Crippen LogP) is 2.41. The largest absolute Gasteiger partial charge is 0.381 e. The molecular weight excluding hydrogens is 347 g/mol. The molecule has 0 radical (unpaired) electrons. The first kappa shape index (κ1) is 18.5. The van der Waals surface area contributed by atoms with Gasteiger partial charge in [-0.2, -0.15) is 5.48 Å². The minimum absolute atomic E-state index is 0.224. The van der Waals surface area contributed by atoms with E-state index in [0.29, 0.717) is 30.0 Å². The van der Waals surface area contributed by atoms with Gasteiger partial charge < -0.3 is 15.1 Å². The summed E-state index contributed by atoms with van der Waals surface area (Å²) in [5, 5.41) is 18.8. The Labute approximate surface area is 158 Å². The number of hydrogen-bond acceptors (Lipinski definition) is 5. The second kappa shape index (κ2) is 8.04. The van der Waals surface area contributed by atoms with E-state index < -0.39 is 6.23 Å². The SMILES string of the molecule is ONC(O)c1cc(F)c2c(c1)CN(CC1COC1)[C@H](Cc1ccccc1)C2. The number of nitrogens with one attached hydrogen (secondary N) is 1. The van der Waals surface area contributed by atoms with Crippen molar-refractivity contribution in [3.63, 3.8) is 0 Å². The fourth-order valence-corrected chi connectivity index (χ4v) is 4.05. The molecule has 0 saturated carbocycles. The van der Waals surface area contributed by atoms with E-state index >= 15 is 0 Å². The lowest BCUT2D eigenvalue weighted by Crippen LogP contribution is -2.48. The molecule has 0 spiro atoms. The van der Waals surface area contributed by atoms with Crippen LogP contribution in [0.2, 0.25) is 0 Å². The molecule has 0 aromatic heterocycles. The number of benzene rings is 2. The molecule has 2 atom stereocenters. The molecule has 0 aliphatic carbocycles. The highest BCUT2D eigenvalue weighted by molar-refractivity contribution is 5.37. The molecule has 1 unspecified atom stereocenters. The molecule has 1 fully saturated rings. The summed E-state index contributed by atoms with van der Waals surface area (Å²) in [5.74, 6) is 0.198. The number of aliphatic hydroxyl groups is 1. The number of nitrogens with zero attached hydrogens (tertiary/aromatic N) is 1. The van der Waals surface area contributed by atoms with E-state index in [0.717, 1.165) is 31.7 Å². The van der Waals surface area contributed by atoms with Crippen LogP contribution in [0.4, 0.5) is 4.39 Å². The Morgan fingerprint density at radius 2 is 2.00 bits per heavy atom. The highest BCUT2D eigenvalue weighted by atomic mass is 19.1. The van der Waals surface area contributed by atoms with Crippen LogP contribution in [0.3, 0.4) is 0 Å². The second-order valence-corrected chi connectivity index (χ2v) is 7.55. The molecule has 2 heterocycles. The van der Waals surface area contributed by atoms with Gasteiger partial charge in [-0.1, -0.05) is 30.3 Å². The summed E-state index contributed by atoms with van der Waals surface area (Å²) in [6, 6.07) is 13.6. The first-order valence-electron chi connectivity index (χ1n) is 9.38. The lowest BCUT2D eigenvalue weighted by atomic mass is 9.87. The molecule has 5 nitrogen and oxygen atoms in total. The summed E-state index contributed by atoms with van der Waals surface area (Å²) in [6.07, 6.45) is 0.211. The van der Waals surface area contributed by atoms with E-state index in [2.05, 4.69) is 17.0 Å². The summed E-state index contributed by atoms with van der Waals surface area (Å²) >= 11 is 0. The molecule has 0 amide bonds. The number of aliphatic hydroxyl groups excluding tert-OH is 1. The maximum absolute atomic E-state index is 14.7. The van der Waals surface area contributed by atoms with Crippen LogP contribution < -0.4 is 5.48 Å². The number of fused-ring (bicyclic) bond motifs is 1. The topological polar surface area (TPSA) is 65.0 Å². The van der Waals surface area contributed by atoms with Crippen molar-refractivity contribution in [2.45, 2.75) is 31.7 Å². The lowest BCUT2D eigenvalue weighted by Gasteiger charge is -2.41. The van der Waals surface area contributed by atoms with Crippen LogP contribution in [0.1, 0.15) is 28.5 Å². The molecule has 3 N–H and O–H groups in total. The number of ether oxygens (including phenoxy) is 1. The van der Waals surface area contributed by atoms with Gasteiger partial charge in [0.25, 0.3) is 0 Å². The van der Waals surface area contributed by atoms with Gasteiger partial charge in [0.1, 0.15) is 5.82 Å². The van der Waals surface area contributed by atoms with Gasteiger partial charge in [-0.25, -0.2) is 4.39 Å². The Bertz CT molecular complexity index is 782. The Morgan fingerprint density at radius 3 is 2.67 bits per heavy atom. The minimum atomic E-state index is -1.29. The normalized spacial score (nSPS) is 21.5. The average Bonchev–Trinajstić information content (AvgIpc) is 2.65. The third-order valence-corrected chi connectivity index (χ3v) is 5.59. The summed E-state index contributed by atoms with van der Waals surface area (Å²) < 4.78 is 20.1. The van der Waals surface area contributed by atoms with E-state index in [-0.39, 0.29) is 11.9 Å². The second-order valence-electron chi connectivity index (χ2n) is 7.55. The quantitative estimate of drug-likeness (QED) is 0.537. The van der Waals surface area contributed by atoms with Gasteiger partial charge in [0.15, 0.2) is 6.23 Å². The van der Waals surface area contributed by atoms with Gasteiger partial charge in [-0.3, -0.25) is 4.90 Å². The van der Waals surface area contributed by atoms with E-state index in [4.69, 9.17) is 9.94 Å². The zero-order valence-electron chi connectivity index (χ0n) is 15.1. The third-order valence-electron chi connectivity index (χ3n) is 5.59. The van der Waals surface area contributed by atoms with Crippen molar-refractivity contribution in [3.05, 3.63) is 70.5 Å². The van der Waals surface area contributed by atoms with Gasteiger partial charge in [0.2, 0.25) is 0 Å². The van der Waals surface area contributed by atoms with Gasteiger partial charge in [-0.05, 0) is 41.7 Å². The summed E-state index contributed by atoms with van der Waals surface area (Å²) in [6.45, 7) is 3.11. The zero-order valence-corrected chi connectivity index (χ0v) is 15.1. The van der Waals surface area contributed by atoms with Crippen molar-refractivity contribution in [2.75, 3.05) is 19.8 Å². The van der Waals surface area contributed by atoms with Crippen LogP contribution in [0, 0.1) is 11.7 Å². The maximum Gasteiger partial charge on any atom is 0.152 e. The summed E-state index contributed by atoms with van der Waals surface area (Å²) in [7, 11) is 0. The number of hydroxylamine groups is 1. The Morgan fingerprint density at radius 1 is 1.22 bits per heavy atom. The maximum atomic E-state index is 14.7. The molecule has 2 aliphatic rings.